The van der Waals surface area contributed by atoms with Crippen LogP contribution in [0.15, 0.2) is 18.2 Å². The molecule has 9 heteroatoms. The van der Waals surface area contributed by atoms with E-state index in [9.17, 15) is 24.5 Å². The number of rotatable bonds is 7. The molecule has 2 amide bonds. The number of benzene rings is 1. The Morgan fingerprint density at radius 2 is 2.07 bits per heavy atom. The SMILES string of the molecule is CCCN(CC(=O)O)C(=O)C1CCCN1C(=O)c1ccc([N+](=O)[O-])c(C)c1. The Morgan fingerprint density at radius 1 is 1.37 bits per heavy atom. The number of nitrogens with zero attached hydrogens (tertiary/aromatic N) is 3. The van der Waals surface area contributed by atoms with Crippen molar-refractivity contribution in [1.29, 1.82) is 0 Å². The monoisotopic (exact) mass is 377 g/mol. The molecule has 27 heavy (non-hydrogen) atoms. The van der Waals surface area contributed by atoms with E-state index in [1.807, 2.05) is 6.92 Å². The zero-order valence-corrected chi connectivity index (χ0v) is 15.4. The van der Waals surface area contributed by atoms with E-state index in [2.05, 4.69) is 0 Å². The van der Waals surface area contributed by atoms with E-state index in [4.69, 9.17) is 5.11 Å². The van der Waals surface area contributed by atoms with Gasteiger partial charge in [0.05, 0.1) is 4.92 Å². The fraction of sp³-hybridized carbons (Fsp3) is 0.500. The first kappa shape index (κ1) is 20.3. The number of likely N-dealkylation sites (tertiary alicyclic amines) is 1. The predicted octanol–water partition coefficient (Wildman–Crippen LogP) is 1.83. The zero-order valence-electron chi connectivity index (χ0n) is 15.4. The Hall–Kier alpha value is -2.97. The second-order valence-corrected chi connectivity index (χ2v) is 6.57. The maximum atomic E-state index is 12.9. The molecule has 1 unspecified atom stereocenters. The lowest BCUT2D eigenvalue weighted by molar-refractivity contribution is -0.385. The van der Waals surface area contributed by atoms with Gasteiger partial charge in [-0.25, -0.2) is 0 Å². The highest BCUT2D eigenvalue weighted by Gasteiger charge is 2.37. The summed E-state index contributed by atoms with van der Waals surface area (Å²) in [7, 11) is 0. The molecule has 1 aliphatic rings. The van der Waals surface area contributed by atoms with Crippen molar-refractivity contribution in [2.24, 2.45) is 0 Å². The molecule has 0 saturated carbocycles. The van der Waals surface area contributed by atoms with Gasteiger partial charge >= 0.3 is 5.97 Å². The molecule has 9 nitrogen and oxygen atoms in total. The highest BCUT2D eigenvalue weighted by Crippen LogP contribution is 2.25. The number of aryl methyl sites for hydroxylation is 1. The van der Waals surface area contributed by atoms with Crippen molar-refractivity contribution in [2.75, 3.05) is 19.6 Å². The first-order valence-electron chi connectivity index (χ1n) is 8.82. The van der Waals surface area contributed by atoms with Gasteiger partial charge in [-0.15, -0.1) is 0 Å². The van der Waals surface area contributed by atoms with E-state index in [0.717, 1.165) is 0 Å². The van der Waals surface area contributed by atoms with Gasteiger partial charge in [-0.3, -0.25) is 24.5 Å². The van der Waals surface area contributed by atoms with Crippen molar-refractivity contribution in [1.82, 2.24) is 9.80 Å². The first-order chi connectivity index (χ1) is 12.8. The van der Waals surface area contributed by atoms with E-state index < -0.39 is 23.5 Å². The van der Waals surface area contributed by atoms with Crippen LogP contribution >= 0.6 is 0 Å². The normalized spacial score (nSPS) is 16.2. The summed E-state index contributed by atoms with van der Waals surface area (Å²) in [5.74, 6) is -1.85. The lowest BCUT2D eigenvalue weighted by Gasteiger charge is -2.29. The van der Waals surface area contributed by atoms with Crippen LogP contribution in [0.25, 0.3) is 0 Å². The van der Waals surface area contributed by atoms with Crippen LogP contribution in [0.3, 0.4) is 0 Å². The second-order valence-electron chi connectivity index (χ2n) is 6.57. The summed E-state index contributed by atoms with van der Waals surface area (Å²) in [5, 5.41) is 20.0. The summed E-state index contributed by atoms with van der Waals surface area (Å²) in [4.78, 5) is 49.8. The minimum absolute atomic E-state index is 0.0730. The molecule has 1 heterocycles. The average molecular weight is 377 g/mol. The minimum atomic E-state index is -1.10. The van der Waals surface area contributed by atoms with E-state index in [0.29, 0.717) is 37.9 Å². The second kappa shape index (κ2) is 8.61. The quantitative estimate of drug-likeness (QED) is 0.571. The van der Waals surface area contributed by atoms with Gasteiger partial charge in [0.15, 0.2) is 0 Å². The van der Waals surface area contributed by atoms with E-state index in [1.54, 1.807) is 6.92 Å². The van der Waals surface area contributed by atoms with Crippen molar-refractivity contribution in [2.45, 2.75) is 39.2 Å². The lowest BCUT2D eigenvalue weighted by Crippen LogP contribution is -2.49. The van der Waals surface area contributed by atoms with E-state index in [-0.39, 0.29) is 23.1 Å². The standard InChI is InChI=1S/C18H23N3O6/c1-3-8-19(11-16(22)23)18(25)15-5-4-9-20(15)17(24)13-6-7-14(21(26)27)12(2)10-13/h6-7,10,15H,3-5,8-9,11H2,1-2H3,(H,22,23). The van der Waals surface area contributed by atoms with Gasteiger partial charge in [-0.2, -0.15) is 0 Å². The number of aliphatic carboxylic acids is 1. The van der Waals surface area contributed by atoms with Gasteiger partial charge in [0, 0.05) is 30.3 Å². The largest absolute Gasteiger partial charge is 0.480 e. The number of carbonyl (C=O) groups excluding carboxylic acids is 2. The number of amides is 2. The summed E-state index contributed by atoms with van der Waals surface area (Å²) in [6.07, 6.45) is 1.72. The van der Waals surface area contributed by atoms with Gasteiger partial charge in [-0.1, -0.05) is 6.92 Å². The Morgan fingerprint density at radius 3 is 2.63 bits per heavy atom. The van der Waals surface area contributed by atoms with Crippen LogP contribution in [0.4, 0.5) is 5.69 Å². The zero-order chi connectivity index (χ0) is 20.1. The predicted molar refractivity (Wildman–Crippen MR) is 96.4 cm³/mol. The molecule has 0 aliphatic carbocycles. The third-order valence-electron chi connectivity index (χ3n) is 4.57. The molecule has 1 aromatic rings. The molecule has 1 aromatic carbocycles. The molecule has 2 rings (SSSR count). The number of carboxylic acid groups (broad SMARTS) is 1. The van der Waals surface area contributed by atoms with Crippen molar-refractivity contribution >= 4 is 23.5 Å². The average Bonchev–Trinajstić information content (AvgIpc) is 3.08. The number of hydrogen-bond acceptors (Lipinski definition) is 5. The van der Waals surface area contributed by atoms with Crippen molar-refractivity contribution in [3.8, 4) is 0 Å². The molecule has 0 aromatic heterocycles. The fourth-order valence-electron chi connectivity index (χ4n) is 3.34. The molecule has 1 aliphatic heterocycles. The van der Waals surface area contributed by atoms with Crippen molar-refractivity contribution < 1.29 is 24.4 Å². The summed E-state index contributed by atoms with van der Waals surface area (Å²) in [6.45, 7) is 3.69. The minimum Gasteiger partial charge on any atom is -0.480 e. The molecule has 1 N–H and O–H groups in total. The smallest absolute Gasteiger partial charge is 0.323 e. The summed E-state index contributed by atoms with van der Waals surface area (Å²) in [5.41, 5.74) is 0.570. The van der Waals surface area contributed by atoms with Crippen molar-refractivity contribution in [3.05, 3.63) is 39.4 Å². The highest BCUT2D eigenvalue weighted by molar-refractivity contribution is 5.98. The Kier molecular flexibility index (Phi) is 6.49. The van der Waals surface area contributed by atoms with E-state index in [1.165, 1.54) is 28.0 Å². The molecule has 0 radical (unpaired) electrons. The van der Waals surface area contributed by atoms with Crippen LogP contribution in [0.1, 0.15) is 42.1 Å². The third-order valence-corrected chi connectivity index (χ3v) is 4.57. The molecular formula is C18H23N3O6. The van der Waals surface area contributed by atoms with Crippen LogP contribution in [-0.2, 0) is 9.59 Å². The molecule has 0 spiro atoms. The summed E-state index contributed by atoms with van der Waals surface area (Å²) < 4.78 is 0. The molecule has 1 fully saturated rings. The van der Waals surface area contributed by atoms with Gasteiger partial charge in [0.1, 0.15) is 12.6 Å². The number of carboxylic acids is 1. The van der Waals surface area contributed by atoms with Crippen LogP contribution in [0.5, 0.6) is 0 Å². The molecular weight excluding hydrogens is 354 g/mol. The van der Waals surface area contributed by atoms with Crippen LogP contribution in [0, 0.1) is 17.0 Å². The molecule has 1 saturated heterocycles. The van der Waals surface area contributed by atoms with Gasteiger partial charge < -0.3 is 14.9 Å². The van der Waals surface area contributed by atoms with E-state index >= 15 is 0 Å². The van der Waals surface area contributed by atoms with Crippen molar-refractivity contribution in [3.63, 3.8) is 0 Å². The maximum absolute atomic E-state index is 12.9. The number of carbonyl (C=O) groups is 3. The molecule has 0 bridgehead atoms. The Bertz CT molecular complexity index is 763. The topological polar surface area (TPSA) is 121 Å². The fourth-order valence-corrected chi connectivity index (χ4v) is 3.34. The van der Waals surface area contributed by atoms with Crippen LogP contribution in [0.2, 0.25) is 0 Å². The van der Waals surface area contributed by atoms with Crippen LogP contribution in [-0.4, -0.2) is 63.3 Å². The maximum Gasteiger partial charge on any atom is 0.323 e. The van der Waals surface area contributed by atoms with Gasteiger partial charge in [0.2, 0.25) is 5.91 Å². The van der Waals surface area contributed by atoms with Gasteiger partial charge in [0.25, 0.3) is 11.6 Å². The lowest BCUT2D eigenvalue weighted by atomic mass is 10.1. The number of nitro groups is 1. The molecule has 1 atom stereocenters. The first-order valence-corrected chi connectivity index (χ1v) is 8.82. The Balaban J connectivity index is 2.22. The third kappa shape index (κ3) is 4.60. The summed E-state index contributed by atoms with van der Waals surface area (Å²) >= 11 is 0. The summed E-state index contributed by atoms with van der Waals surface area (Å²) in [6, 6.07) is 3.40. The highest BCUT2D eigenvalue weighted by atomic mass is 16.6. The number of hydrogen-bond donors (Lipinski definition) is 1. The van der Waals surface area contributed by atoms with Crippen LogP contribution < -0.4 is 0 Å². The Labute approximate surface area is 156 Å². The number of nitro benzene ring substituents is 1. The molecule has 146 valence electrons. The van der Waals surface area contributed by atoms with Gasteiger partial charge in [-0.05, 0) is 38.3 Å².